The molecule has 3 aromatic rings. The second-order valence-corrected chi connectivity index (χ2v) is 6.28. The van der Waals surface area contributed by atoms with Gasteiger partial charge in [0.05, 0.1) is 4.88 Å². The van der Waals surface area contributed by atoms with Crippen molar-refractivity contribution in [2.24, 2.45) is 0 Å². The van der Waals surface area contributed by atoms with Crippen LogP contribution in [-0.2, 0) is 0 Å². The first-order valence-electron chi connectivity index (χ1n) is 5.98. The number of carbonyl (C=O) groups excluding carboxylic acids is 1. The monoisotopic (exact) mass is 346 g/mol. The summed E-state index contributed by atoms with van der Waals surface area (Å²) >= 11 is 4.81. The van der Waals surface area contributed by atoms with Gasteiger partial charge in [0.2, 0.25) is 0 Å². The number of rotatable bonds is 2. The molecule has 1 heterocycles. The fourth-order valence-electron chi connectivity index (χ4n) is 1.91. The van der Waals surface area contributed by atoms with Gasteiger partial charge in [-0.2, -0.15) is 0 Å². The zero-order valence-electron chi connectivity index (χ0n) is 10.4. The van der Waals surface area contributed by atoms with Crippen LogP contribution in [-0.4, -0.2) is 5.91 Å². The summed E-state index contributed by atoms with van der Waals surface area (Å²) in [7, 11) is 0. The van der Waals surface area contributed by atoms with Crippen molar-refractivity contribution in [3.05, 3.63) is 57.9 Å². The molecule has 3 nitrogen and oxygen atoms in total. The molecule has 0 aliphatic rings. The van der Waals surface area contributed by atoms with Gasteiger partial charge in [0.15, 0.2) is 0 Å². The van der Waals surface area contributed by atoms with E-state index in [4.69, 9.17) is 5.73 Å². The number of hydrogen-bond acceptors (Lipinski definition) is 3. The van der Waals surface area contributed by atoms with E-state index in [-0.39, 0.29) is 5.91 Å². The molecule has 0 radical (unpaired) electrons. The van der Waals surface area contributed by atoms with Crippen LogP contribution in [0, 0.1) is 0 Å². The molecular weight excluding hydrogens is 336 g/mol. The van der Waals surface area contributed by atoms with Gasteiger partial charge in [0.1, 0.15) is 0 Å². The highest BCUT2D eigenvalue weighted by atomic mass is 79.9. The summed E-state index contributed by atoms with van der Waals surface area (Å²) < 4.78 is 1.92. The molecule has 0 unspecified atom stereocenters. The Balaban J connectivity index is 1.86. The zero-order valence-corrected chi connectivity index (χ0v) is 12.8. The molecule has 0 fully saturated rings. The van der Waals surface area contributed by atoms with Gasteiger partial charge in [-0.25, -0.2) is 0 Å². The maximum Gasteiger partial charge on any atom is 0.265 e. The number of nitrogens with one attached hydrogen (secondary N) is 1. The second-order valence-electron chi connectivity index (χ2n) is 4.34. The molecule has 1 amide bonds. The van der Waals surface area contributed by atoms with E-state index in [1.165, 1.54) is 11.3 Å². The third kappa shape index (κ3) is 2.55. The number of nitrogen functional groups attached to an aromatic ring is 1. The summed E-state index contributed by atoms with van der Waals surface area (Å²) in [6.07, 6.45) is 0. The minimum absolute atomic E-state index is 0.118. The van der Waals surface area contributed by atoms with Gasteiger partial charge in [-0.15, -0.1) is 11.3 Å². The largest absolute Gasteiger partial charge is 0.398 e. The summed E-state index contributed by atoms with van der Waals surface area (Å²) in [5, 5.41) is 3.94. The molecule has 5 heteroatoms. The normalized spacial score (nSPS) is 10.7. The molecule has 0 bridgehead atoms. The number of benzene rings is 2. The zero-order chi connectivity index (χ0) is 14.1. The van der Waals surface area contributed by atoms with E-state index >= 15 is 0 Å². The van der Waals surface area contributed by atoms with Crippen LogP contribution in [0.5, 0.6) is 0 Å². The van der Waals surface area contributed by atoms with Gasteiger partial charge in [-0.05, 0) is 51.6 Å². The molecule has 20 heavy (non-hydrogen) atoms. The summed E-state index contributed by atoms with van der Waals surface area (Å²) in [5.74, 6) is -0.118. The van der Waals surface area contributed by atoms with Crippen LogP contribution < -0.4 is 11.1 Å². The highest BCUT2D eigenvalue weighted by molar-refractivity contribution is 9.10. The Morgan fingerprint density at radius 3 is 2.70 bits per heavy atom. The average molecular weight is 347 g/mol. The van der Waals surface area contributed by atoms with Crippen molar-refractivity contribution in [1.29, 1.82) is 0 Å². The van der Waals surface area contributed by atoms with Gasteiger partial charge in [0.25, 0.3) is 5.91 Å². The molecular formula is C15H11BrN2OS. The molecule has 0 aliphatic carbocycles. The molecule has 0 saturated heterocycles. The van der Waals surface area contributed by atoms with Crippen molar-refractivity contribution in [2.75, 3.05) is 11.1 Å². The summed E-state index contributed by atoms with van der Waals surface area (Å²) in [5.41, 5.74) is 7.09. The molecule has 0 spiro atoms. The molecule has 3 N–H and O–H groups in total. The highest BCUT2D eigenvalue weighted by Gasteiger charge is 2.10. The van der Waals surface area contributed by atoms with Crippen LogP contribution in [0.15, 0.2) is 53.0 Å². The summed E-state index contributed by atoms with van der Waals surface area (Å²) in [6.45, 7) is 0. The standard InChI is InChI=1S/C15H11BrN2OS/c16-11-6-5-10(8-12(11)17)18-15(19)14-7-9-3-1-2-4-13(9)20-14/h1-8H,17H2,(H,18,19). The third-order valence-electron chi connectivity index (χ3n) is 2.90. The fraction of sp³-hybridized carbons (Fsp3) is 0. The molecule has 0 aliphatic heterocycles. The first kappa shape index (κ1) is 13.1. The fourth-order valence-corrected chi connectivity index (χ4v) is 3.11. The molecule has 100 valence electrons. The van der Waals surface area contributed by atoms with Crippen molar-refractivity contribution >= 4 is 54.6 Å². The number of hydrogen-bond donors (Lipinski definition) is 2. The number of fused-ring (bicyclic) bond motifs is 1. The van der Waals surface area contributed by atoms with E-state index < -0.39 is 0 Å². The number of anilines is 2. The molecule has 3 rings (SSSR count). The smallest absolute Gasteiger partial charge is 0.265 e. The third-order valence-corrected chi connectivity index (χ3v) is 4.74. The number of halogens is 1. The van der Waals surface area contributed by atoms with E-state index in [0.717, 1.165) is 14.6 Å². The Kier molecular flexibility index (Phi) is 3.46. The van der Waals surface area contributed by atoms with Crippen LogP contribution in [0.1, 0.15) is 9.67 Å². The maximum absolute atomic E-state index is 12.2. The first-order chi connectivity index (χ1) is 9.63. The lowest BCUT2D eigenvalue weighted by Gasteiger charge is -2.05. The Morgan fingerprint density at radius 1 is 1.15 bits per heavy atom. The number of thiophene rings is 1. The van der Waals surface area contributed by atoms with Crippen molar-refractivity contribution in [3.63, 3.8) is 0 Å². The van der Waals surface area contributed by atoms with Crippen molar-refractivity contribution in [2.45, 2.75) is 0 Å². The van der Waals surface area contributed by atoms with Gasteiger partial charge >= 0.3 is 0 Å². The van der Waals surface area contributed by atoms with Gasteiger partial charge in [0, 0.05) is 20.5 Å². The van der Waals surface area contributed by atoms with Crippen LogP contribution in [0.4, 0.5) is 11.4 Å². The van der Waals surface area contributed by atoms with Gasteiger partial charge < -0.3 is 11.1 Å². The SMILES string of the molecule is Nc1cc(NC(=O)c2cc3ccccc3s2)ccc1Br. The summed E-state index contributed by atoms with van der Waals surface area (Å²) in [6, 6.07) is 15.2. The lowest BCUT2D eigenvalue weighted by molar-refractivity contribution is 0.103. The number of carbonyl (C=O) groups is 1. The van der Waals surface area contributed by atoms with Gasteiger partial charge in [-0.3, -0.25) is 4.79 Å². The van der Waals surface area contributed by atoms with Crippen molar-refractivity contribution in [3.8, 4) is 0 Å². The predicted octanol–water partition coefficient (Wildman–Crippen LogP) is 4.50. The highest BCUT2D eigenvalue weighted by Crippen LogP contribution is 2.27. The molecule has 0 saturated carbocycles. The predicted molar refractivity (Wildman–Crippen MR) is 88.3 cm³/mol. The molecule has 1 aromatic heterocycles. The minimum atomic E-state index is -0.118. The van der Waals surface area contributed by atoms with E-state index in [1.807, 2.05) is 42.5 Å². The maximum atomic E-state index is 12.2. The first-order valence-corrected chi connectivity index (χ1v) is 7.59. The summed E-state index contributed by atoms with van der Waals surface area (Å²) in [4.78, 5) is 12.9. The minimum Gasteiger partial charge on any atom is -0.398 e. The van der Waals surface area contributed by atoms with Crippen molar-refractivity contribution < 1.29 is 4.79 Å². The van der Waals surface area contributed by atoms with E-state index in [2.05, 4.69) is 21.2 Å². The lowest BCUT2D eigenvalue weighted by atomic mass is 10.2. The number of nitrogens with two attached hydrogens (primary N) is 1. The van der Waals surface area contributed by atoms with Gasteiger partial charge in [-0.1, -0.05) is 18.2 Å². The topological polar surface area (TPSA) is 55.1 Å². The van der Waals surface area contributed by atoms with Crippen molar-refractivity contribution in [1.82, 2.24) is 0 Å². The number of amides is 1. The van der Waals surface area contributed by atoms with E-state index in [1.54, 1.807) is 6.07 Å². The molecule has 0 atom stereocenters. The Bertz CT molecular complexity index is 764. The Hall–Kier alpha value is -1.85. The second kappa shape index (κ2) is 5.26. The van der Waals surface area contributed by atoms with E-state index in [9.17, 15) is 4.79 Å². The average Bonchev–Trinajstić information content (AvgIpc) is 2.87. The Labute approximate surface area is 128 Å². The van der Waals surface area contributed by atoms with Crippen LogP contribution >= 0.6 is 27.3 Å². The van der Waals surface area contributed by atoms with Crippen LogP contribution in [0.3, 0.4) is 0 Å². The quantitative estimate of drug-likeness (QED) is 0.671. The molecule has 2 aromatic carbocycles. The Morgan fingerprint density at radius 2 is 1.95 bits per heavy atom. The van der Waals surface area contributed by atoms with E-state index in [0.29, 0.717) is 16.3 Å². The lowest BCUT2D eigenvalue weighted by Crippen LogP contribution is -2.10. The van der Waals surface area contributed by atoms with Crippen LogP contribution in [0.2, 0.25) is 0 Å². The van der Waals surface area contributed by atoms with Crippen LogP contribution in [0.25, 0.3) is 10.1 Å².